The van der Waals surface area contributed by atoms with Crippen molar-refractivity contribution < 1.29 is 9.53 Å². The number of rotatable bonds is 8. The topological polar surface area (TPSA) is 81.4 Å². The van der Waals surface area contributed by atoms with Gasteiger partial charge in [-0.25, -0.2) is 5.43 Å². The molecule has 0 radical (unpaired) electrons. The van der Waals surface area contributed by atoms with E-state index in [2.05, 4.69) is 20.7 Å². The fourth-order valence-corrected chi connectivity index (χ4v) is 3.71. The number of thioether (sulfide) groups is 1. The zero-order valence-corrected chi connectivity index (χ0v) is 16.6. The monoisotopic (exact) mass is 401 g/mol. The van der Waals surface area contributed by atoms with Crippen molar-refractivity contribution in [2.24, 2.45) is 5.10 Å². The second kappa shape index (κ2) is 9.33. The van der Waals surface area contributed by atoms with Crippen molar-refractivity contribution in [3.63, 3.8) is 0 Å². The maximum absolute atomic E-state index is 12.0. The Morgan fingerprint density at radius 3 is 2.81 bits per heavy atom. The number of nitrogens with one attached hydrogen (secondary N) is 1. The van der Waals surface area contributed by atoms with E-state index in [1.54, 1.807) is 24.7 Å². The lowest BCUT2D eigenvalue weighted by Crippen LogP contribution is -2.19. The van der Waals surface area contributed by atoms with Gasteiger partial charge in [0.2, 0.25) is 0 Å². The molecule has 3 rings (SSSR count). The average Bonchev–Trinajstić information content (AvgIpc) is 3.36. The van der Waals surface area contributed by atoms with E-state index in [4.69, 9.17) is 4.74 Å². The van der Waals surface area contributed by atoms with Crippen LogP contribution < -0.4 is 10.2 Å². The van der Waals surface area contributed by atoms with Gasteiger partial charge in [-0.15, -0.1) is 21.5 Å². The molecule has 1 N–H and O–H groups in total. The molecule has 0 saturated carbocycles. The van der Waals surface area contributed by atoms with Crippen molar-refractivity contribution in [1.82, 2.24) is 20.2 Å². The van der Waals surface area contributed by atoms with Crippen LogP contribution in [0.25, 0.3) is 11.4 Å². The van der Waals surface area contributed by atoms with Crippen LogP contribution in [0.5, 0.6) is 5.75 Å². The van der Waals surface area contributed by atoms with Crippen LogP contribution in [0, 0.1) is 0 Å². The fraction of sp³-hybridized carbons (Fsp3) is 0.222. The molecule has 0 aliphatic rings. The van der Waals surface area contributed by atoms with Crippen molar-refractivity contribution in [2.45, 2.75) is 18.6 Å². The van der Waals surface area contributed by atoms with Crippen LogP contribution in [0.3, 0.4) is 0 Å². The third kappa shape index (κ3) is 4.95. The van der Waals surface area contributed by atoms with E-state index in [1.165, 1.54) is 11.8 Å². The molecule has 9 heteroatoms. The number of nitrogens with zero attached hydrogens (tertiary/aromatic N) is 4. The van der Waals surface area contributed by atoms with E-state index in [-0.39, 0.29) is 11.7 Å². The van der Waals surface area contributed by atoms with Crippen LogP contribution in [-0.4, -0.2) is 39.7 Å². The van der Waals surface area contributed by atoms with Gasteiger partial charge < -0.3 is 9.30 Å². The van der Waals surface area contributed by atoms with Crippen molar-refractivity contribution in [3.05, 3.63) is 46.7 Å². The van der Waals surface area contributed by atoms with Crippen LogP contribution >= 0.6 is 23.1 Å². The molecule has 27 heavy (non-hydrogen) atoms. The summed E-state index contributed by atoms with van der Waals surface area (Å²) in [6, 6.07) is 11.5. The Morgan fingerprint density at radius 1 is 1.33 bits per heavy atom. The summed E-state index contributed by atoms with van der Waals surface area (Å²) in [4.78, 5) is 13.0. The average molecular weight is 402 g/mol. The van der Waals surface area contributed by atoms with E-state index in [1.807, 2.05) is 53.3 Å². The summed E-state index contributed by atoms with van der Waals surface area (Å²) in [5, 5.41) is 15.1. The number of amides is 1. The Bertz CT molecular complexity index is 904. The standard InChI is InChI=1S/C18H19N5O2S2/c1-3-23-17(13-6-8-14(25-2)9-7-13)21-22-18(23)27-12-16(24)20-19-11-15-5-4-10-26-15/h4-11H,3,12H2,1-2H3,(H,20,24). The number of thiophene rings is 1. The van der Waals surface area contributed by atoms with Gasteiger partial charge in [0.25, 0.3) is 5.91 Å². The second-order valence-corrected chi connectivity index (χ2v) is 7.30. The van der Waals surface area contributed by atoms with Crippen LogP contribution in [0.15, 0.2) is 52.0 Å². The molecule has 3 aromatic rings. The summed E-state index contributed by atoms with van der Waals surface area (Å²) < 4.78 is 7.17. The molecule has 0 spiro atoms. The first kappa shape index (κ1) is 19.1. The Hall–Kier alpha value is -2.65. The van der Waals surface area contributed by atoms with E-state index in [0.29, 0.717) is 11.7 Å². The van der Waals surface area contributed by atoms with E-state index < -0.39 is 0 Å². The lowest BCUT2D eigenvalue weighted by atomic mass is 10.2. The van der Waals surface area contributed by atoms with Crippen molar-refractivity contribution >= 4 is 35.2 Å². The first-order valence-electron chi connectivity index (χ1n) is 8.27. The number of ether oxygens (including phenoxy) is 1. The minimum absolute atomic E-state index is 0.190. The number of methoxy groups -OCH3 is 1. The van der Waals surface area contributed by atoms with Crippen molar-refractivity contribution in [2.75, 3.05) is 12.9 Å². The molecule has 2 heterocycles. The maximum Gasteiger partial charge on any atom is 0.250 e. The quantitative estimate of drug-likeness (QED) is 0.356. The molecule has 1 aromatic carbocycles. The lowest BCUT2D eigenvalue weighted by Gasteiger charge is -2.07. The van der Waals surface area contributed by atoms with E-state index in [9.17, 15) is 4.79 Å². The summed E-state index contributed by atoms with van der Waals surface area (Å²) in [6.07, 6.45) is 1.63. The number of carbonyl (C=O) groups is 1. The summed E-state index contributed by atoms with van der Waals surface area (Å²) in [6.45, 7) is 2.72. The van der Waals surface area contributed by atoms with Crippen LogP contribution in [0.1, 0.15) is 11.8 Å². The molecule has 7 nitrogen and oxygen atoms in total. The van der Waals surface area contributed by atoms with Gasteiger partial charge in [0.15, 0.2) is 11.0 Å². The number of hydrogen-bond acceptors (Lipinski definition) is 7. The zero-order chi connectivity index (χ0) is 19.1. The van der Waals surface area contributed by atoms with Gasteiger partial charge in [-0.05, 0) is 42.6 Å². The number of benzene rings is 1. The Morgan fingerprint density at radius 2 is 2.15 bits per heavy atom. The summed E-state index contributed by atoms with van der Waals surface area (Å²) >= 11 is 2.89. The van der Waals surface area contributed by atoms with Gasteiger partial charge in [0.05, 0.1) is 19.1 Å². The van der Waals surface area contributed by atoms with Crippen molar-refractivity contribution in [3.8, 4) is 17.1 Å². The molecular formula is C18H19N5O2S2. The number of aromatic nitrogens is 3. The largest absolute Gasteiger partial charge is 0.497 e. The van der Waals surface area contributed by atoms with E-state index >= 15 is 0 Å². The third-order valence-electron chi connectivity index (χ3n) is 3.64. The van der Waals surface area contributed by atoms with Crippen LogP contribution in [-0.2, 0) is 11.3 Å². The highest BCUT2D eigenvalue weighted by atomic mass is 32.2. The Balaban J connectivity index is 1.61. The number of carbonyl (C=O) groups excluding carboxylic acids is 1. The summed E-state index contributed by atoms with van der Waals surface area (Å²) in [7, 11) is 1.63. The smallest absolute Gasteiger partial charge is 0.250 e. The molecule has 0 aliphatic heterocycles. The van der Waals surface area contributed by atoms with Crippen molar-refractivity contribution in [1.29, 1.82) is 0 Å². The fourth-order valence-electron chi connectivity index (χ4n) is 2.33. The molecule has 0 unspecified atom stereocenters. The molecule has 0 fully saturated rings. The second-order valence-electron chi connectivity index (χ2n) is 5.38. The van der Waals surface area contributed by atoms with Gasteiger partial charge in [-0.2, -0.15) is 5.10 Å². The predicted octanol–water partition coefficient (Wildman–Crippen LogP) is 3.28. The van der Waals surface area contributed by atoms with Crippen LogP contribution in [0.4, 0.5) is 0 Å². The molecular weight excluding hydrogens is 382 g/mol. The molecule has 0 atom stereocenters. The molecule has 1 amide bonds. The molecule has 0 bridgehead atoms. The van der Waals surface area contributed by atoms with Gasteiger partial charge >= 0.3 is 0 Å². The highest BCUT2D eigenvalue weighted by Gasteiger charge is 2.14. The zero-order valence-electron chi connectivity index (χ0n) is 15.0. The predicted molar refractivity (Wildman–Crippen MR) is 108 cm³/mol. The lowest BCUT2D eigenvalue weighted by molar-refractivity contribution is -0.118. The number of hydrogen-bond donors (Lipinski definition) is 1. The summed E-state index contributed by atoms with van der Waals surface area (Å²) in [5.74, 6) is 1.57. The summed E-state index contributed by atoms with van der Waals surface area (Å²) in [5.41, 5.74) is 3.47. The molecule has 0 aliphatic carbocycles. The van der Waals surface area contributed by atoms with Crippen LogP contribution in [0.2, 0.25) is 0 Å². The minimum atomic E-state index is -0.190. The Kier molecular flexibility index (Phi) is 6.61. The van der Waals surface area contributed by atoms with Gasteiger partial charge in [0, 0.05) is 17.0 Å². The van der Waals surface area contributed by atoms with E-state index in [0.717, 1.165) is 22.0 Å². The molecule has 2 aromatic heterocycles. The Labute approximate surface area is 165 Å². The number of hydrazone groups is 1. The first-order valence-corrected chi connectivity index (χ1v) is 10.1. The first-order chi connectivity index (χ1) is 13.2. The van der Waals surface area contributed by atoms with Gasteiger partial charge in [-0.3, -0.25) is 4.79 Å². The third-order valence-corrected chi connectivity index (χ3v) is 5.41. The maximum atomic E-state index is 12.0. The molecule has 0 saturated heterocycles. The highest BCUT2D eigenvalue weighted by molar-refractivity contribution is 7.99. The van der Waals surface area contributed by atoms with Gasteiger partial charge in [-0.1, -0.05) is 17.8 Å². The normalized spacial score (nSPS) is 11.0. The minimum Gasteiger partial charge on any atom is -0.497 e. The highest BCUT2D eigenvalue weighted by Crippen LogP contribution is 2.25. The SMILES string of the molecule is CCn1c(SCC(=O)NN=Cc2cccs2)nnc1-c1ccc(OC)cc1. The molecule has 140 valence electrons. The van der Waals surface area contributed by atoms with Gasteiger partial charge in [0.1, 0.15) is 5.75 Å².